The molecule has 0 unspecified atom stereocenters. The average molecular weight is 273 g/mol. The lowest BCUT2D eigenvalue weighted by Crippen LogP contribution is -2.11. The first-order valence-corrected chi connectivity index (χ1v) is 4.95. The Hall–Kier alpha value is -0.510. The van der Waals surface area contributed by atoms with Gasteiger partial charge in [-0.15, -0.1) is 6.58 Å². The molecule has 0 aromatic heterocycles. The lowest BCUT2D eigenvalue weighted by molar-refractivity contribution is 0.999. The molecule has 1 atom stereocenters. The molecule has 0 saturated heterocycles. The van der Waals surface area contributed by atoms with Crippen molar-refractivity contribution in [3.05, 3.63) is 40.5 Å². The van der Waals surface area contributed by atoms with E-state index in [1.165, 1.54) is 9.26 Å². The summed E-state index contributed by atoms with van der Waals surface area (Å²) >= 11 is 2.31. The Morgan fingerprint density at radius 1 is 1.50 bits per heavy atom. The molecule has 2 heteroatoms. The zero-order valence-electron chi connectivity index (χ0n) is 7.05. The molecule has 0 fully saturated rings. The van der Waals surface area contributed by atoms with Gasteiger partial charge in [-0.05, 0) is 41.6 Å². The topological polar surface area (TPSA) is 12.0 Å². The number of rotatable bonds is 3. The molecule has 0 amide bonds. The fraction of sp³-hybridized carbons (Fsp3) is 0.200. The molecule has 1 aromatic rings. The molecule has 0 aliphatic heterocycles. The molecule has 1 aromatic carbocycles. The maximum atomic E-state index is 3.72. The molecule has 1 N–H and O–H groups in total. The minimum absolute atomic E-state index is 0.320. The van der Waals surface area contributed by atoms with Crippen molar-refractivity contribution >= 4 is 28.3 Å². The summed E-state index contributed by atoms with van der Waals surface area (Å²) in [5.41, 5.74) is 1.17. The van der Waals surface area contributed by atoms with E-state index in [4.69, 9.17) is 0 Å². The van der Waals surface area contributed by atoms with E-state index in [0.717, 1.165) is 0 Å². The molecule has 12 heavy (non-hydrogen) atoms. The van der Waals surface area contributed by atoms with E-state index in [2.05, 4.69) is 53.5 Å². The smallest absolute Gasteiger partial charge is 0.0480 e. The molecule has 0 aliphatic carbocycles. The van der Waals surface area contributed by atoms with Crippen LogP contribution in [0.1, 0.15) is 6.92 Å². The first-order valence-electron chi connectivity index (χ1n) is 3.87. The molecule has 1 nitrogen and oxygen atoms in total. The van der Waals surface area contributed by atoms with Crippen LogP contribution in [0.25, 0.3) is 0 Å². The van der Waals surface area contributed by atoms with Crippen molar-refractivity contribution in [1.29, 1.82) is 0 Å². The third-order valence-corrected chi connectivity index (χ3v) is 2.55. The van der Waals surface area contributed by atoms with Crippen molar-refractivity contribution in [2.24, 2.45) is 0 Å². The van der Waals surface area contributed by atoms with Crippen molar-refractivity contribution < 1.29 is 0 Å². The van der Waals surface area contributed by atoms with Crippen LogP contribution in [0.2, 0.25) is 0 Å². The van der Waals surface area contributed by atoms with Crippen LogP contribution in [-0.4, -0.2) is 6.04 Å². The van der Waals surface area contributed by atoms with Gasteiger partial charge < -0.3 is 5.32 Å². The molecule has 0 bridgehead atoms. The highest BCUT2D eigenvalue weighted by molar-refractivity contribution is 14.1. The van der Waals surface area contributed by atoms with E-state index >= 15 is 0 Å². The van der Waals surface area contributed by atoms with Crippen LogP contribution in [0.15, 0.2) is 36.9 Å². The number of benzene rings is 1. The highest BCUT2D eigenvalue weighted by Gasteiger charge is 1.99. The summed E-state index contributed by atoms with van der Waals surface area (Å²) in [6.45, 7) is 5.80. The van der Waals surface area contributed by atoms with Gasteiger partial charge in [-0.3, -0.25) is 0 Å². The molecule has 0 saturated carbocycles. The van der Waals surface area contributed by atoms with E-state index in [1.54, 1.807) is 0 Å². The lowest BCUT2D eigenvalue weighted by atomic mass is 10.2. The predicted octanol–water partition coefficient (Wildman–Crippen LogP) is 3.28. The Morgan fingerprint density at radius 2 is 2.17 bits per heavy atom. The molecule has 64 valence electrons. The molecule has 0 aliphatic rings. The first kappa shape index (κ1) is 9.58. The molecule has 1 rings (SSSR count). The zero-order chi connectivity index (χ0) is 8.97. The van der Waals surface area contributed by atoms with Crippen LogP contribution in [0.3, 0.4) is 0 Å². The number of anilines is 1. The van der Waals surface area contributed by atoms with E-state index in [1.807, 2.05) is 18.2 Å². The Morgan fingerprint density at radius 3 is 2.75 bits per heavy atom. The highest BCUT2D eigenvalue weighted by atomic mass is 127. The van der Waals surface area contributed by atoms with Gasteiger partial charge in [0.2, 0.25) is 0 Å². The van der Waals surface area contributed by atoms with Gasteiger partial charge in [0, 0.05) is 15.3 Å². The number of para-hydroxylation sites is 1. The summed E-state index contributed by atoms with van der Waals surface area (Å²) in [6, 6.07) is 8.53. The minimum atomic E-state index is 0.320. The summed E-state index contributed by atoms with van der Waals surface area (Å²) in [4.78, 5) is 0. The van der Waals surface area contributed by atoms with Crippen LogP contribution in [0.4, 0.5) is 5.69 Å². The van der Waals surface area contributed by atoms with Crippen molar-refractivity contribution in [2.75, 3.05) is 5.32 Å². The second-order valence-electron chi connectivity index (χ2n) is 2.65. The monoisotopic (exact) mass is 273 g/mol. The number of halogens is 1. The summed E-state index contributed by atoms with van der Waals surface area (Å²) in [6.07, 6.45) is 1.89. The molecular formula is C10H12IN. The standard InChI is InChI=1S/C10H12IN/c1-3-8(2)12-10-7-5-4-6-9(10)11/h3-8,12H,1H2,2H3/t8-/m0/s1. The summed E-state index contributed by atoms with van der Waals surface area (Å²) in [5.74, 6) is 0. The number of nitrogens with one attached hydrogen (secondary N) is 1. The zero-order valence-corrected chi connectivity index (χ0v) is 9.21. The van der Waals surface area contributed by atoms with Gasteiger partial charge in [0.1, 0.15) is 0 Å². The van der Waals surface area contributed by atoms with Crippen molar-refractivity contribution in [3.63, 3.8) is 0 Å². The van der Waals surface area contributed by atoms with Gasteiger partial charge >= 0.3 is 0 Å². The Bertz CT molecular complexity index is 270. The summed E-state index contributed by atoms with van der Waals surface area (Å²) < 4.78 is 1.24. The average Bonchev–Trinajstić information content (AvgIpc) is 2.09. The van der Waals surface area contributed by atoms with E-state index < -0.39 is 0 Å². The SMILES string of the molecule is C=C[C@H](C)Nc1ccccc1I. The van der Waals surface area contributed by atoms with Crippen LogP contribution in [0, 0.1) is 3.57 Å². The second-order valence-corrected chi connectivity index (χ2v) is 3.81. The first-order chi connectivity index (χ1) is 5.74. The maximum absolute atomic E-state index is 3.72. The Labute approximate surface area is 87.0 Å². The quantitative estimate of drug-likeness (QED) is 0.658. The van der Waals surface area contributed by atoms with Crippen LogP contribution < -0.4 is 5.32 Å². The minimum Gasteiger partial charge on any atom is -0.378 e. The third kappa shape index (κ3) is 2.52. The van der Waals surface area contributed by atoms with Gasteiger partial charge in [0.25, 0.3) is 0 Å². The van der Waals surface area contributed by atoms with E-state index in [-0.39, 0.29) is 0 Å². The Kier molecular flexibility index (Phi) is 3.59. The fourth-order valence-electron chi connectivity index (χ4n) is 0.882. The molecule has 0 heterocycles. The normalized spacial score (nSPS) is 12.2. The number of hydrogen-bond donors (Lipinski definition) is 1. The van der Waals surface area contributed by atoms with Gasteiger partial charge in [0.05, 0.1) is 0 Å². The van der Waals surface area contributed by atoms with Gasteiger partial charge in [-0.1, -0.05) is 18.2 Å². The fourth-order valence-corrected chi connectivity index (χ4v) is 1.43. The van der Waals surface area contributed by atoms with Gasteiger partial charge in [-0.25, -0.2) is 0 Å². The van der Waals surface area contributed by atoms with Crippen LogP contribution in [0.5, 0.6) is 0 Å². The van der Waals surface area contributed by atoms with Crippen molar-refractivity contribution in [1.82, 2.24) is 0 Å². The second kappa shape index (κ2) is 4.50. The van der Waals surface area contributed by atoms with Crippen molar-refractivity contribution in [2.45, 2.75) is 13.0 Å². The lowest BCUT2D eigenvalue weighted by Gasteiger charge is -2.11. The van der Waals surface area contributed by atoms with Crippen LogP contribution in [-0.2, 0) is 0 Å². The predicted molar refractivity (Wildman–Crippen MR) is 62.4 cm³/mol. The summed E-state index contributed by atoms with van der Waals surface area (Å²) in [5, 5.41) is 3.33. The third-order valence-electron chi connectivity index (χ3n) is 1.61. The molecule has 0 spiro atoms. The maximum Gasteiger partial charge on any atom is 0.0480 e. The summed E-state index contributed by atoms with van der Waals surface area (Å²) in [7, 11) is 0. The largest absolute Gasteiger partial charge is 0.378 e. The molecular weight excluding hydrogens is 261 g/mol. The van der Waals surface area contributed by atoms with E-state index in [9.17, 15) is 0 Å². The Balaban J connectivity index is 2.75. The van der Waals surface area contributed by atoms with Gasteiger partial charge in [-0.2, -0.15) is 0 Å². The van der Waals surface area contributed by atoms with E-state index in [0.29, 0.717) is 6.04 Å². The van der Waals surface area contributed by atoms with Crippen LogP contribution >= 0.6 is 22.6 Å². The van der Waals surface area contributed by atoms with Crippen molar-refractivity contribution in [3.8, 4) is 0 Å². The van der Waals surface area contributed by atoms with Gasteiger partial charge in [0.15, 0.2) is 0 Å². The highest BCUT2D eigenvalue weighted by Crippen LogP contribution is 2.17. The molecule has 0 radical (unpaired) electrons. The number of hydrogen-bond acceptors (Lipinski definition) is 1.